The van der Waals surface area contributed by atoms with Crippen molar-refractivity contribution in [3.8, 4) is 0 Å². The fraction of sp³-hybridized carbons (Fsp3) is 0.583. The van der Waals surface area contributed by atoms with E-state index in [4.69, 9.17) is 0 Å². The van der Waals surface area contributed by atoms with Crippen LogP contribution >= 0.6 is 0 Å². The van der Waals surface area contributed by atoms with Crippen LogP contribution in [-0.2, 0) is 19.4 Å². The van der Waals surface area contributed by atoms with Crippen molar-refractivity contribution in [2.45, 2.75) is 136 Å². The molecule has 0 bridgehead atoms. The van der Waals surface area contributed by atoms with Gasteiger partial charge in [-0.25, -0.2) is 9.13 Å². The van der Waals surface area contributed by atoms with Crippen molar-refractivity contribution in [3.63, 3.8) is 0 Å². The topological polar surface area (TPSA) is 8.81 Å². The summed E-state index contributed by atoms with van der Waals surface area (Å²) in [6.07, 6.45) is 24.4. The number of rotatable bonds is 20. The second-order valence-corrected chi connectivity index (χ2v) is 11.5. The molecule has 3 rings (SSSR count). The highest BCUT2D eigenvalue weighted by Gasteiger charge is 2.23. The molecule has 3 aromatic rings. The average Bonchev–Trinajstić information content (AvgIpc) is 3.36. The van der Waals surface area contributed by atoms with E-state index < -0.39 is 0 Å². The van der Waals surface area contributed by atoms with Gasteiger partial charge in [-0.1, -0.05) is 126 Å². The van der Waals surface area contributed by atoms with Crippen LogP contribution in [0.15, 0.2) is 73.1 Å². The van der Waals surface area contributed by atoms with Gasteiger partial charge in [0.15, 0.2) is 0 Å². The largest absolute Gasteiger partial charge is 0.256 e. The third kappa shape index (κ3) is 10.4. The minimum Gasteiger partial charge on any atom is -0.234 e. The van der Waals surface area contributed by atoms with E-state index >= 15 is 0 Å². The molecule has 2 aromatic carbocycles. The third-order valence-corrected chi connectivity index (χ3v) is 8.30. The van der Waals surface area contributed by atoms with Crippen LogP contribution in [0, 0.1) is 0 Å². The molecule has 38 heavy (non-hydrogen) atoms. The molecule has 0 spiro atoms. The molecule has 2 nitrogen and oxygen atoms in total. The van der Waals surface area contributed by atoms with Gasteiger partial charge in [-0.3, -0.25) is 0 Å². The van der Waals surface area contributed by atoms with Gasteiger partial charge in [-0.15, -0.1) is 0 Å². The maximum absolute atomic E-state index is 2.63. The minimum absolute atomic E-state index is 0.536. The summed E-state index contributed by atoms with van der Waals surface area (Å²) in [7, 11) is 0. The lowest BCUT2D eigenvalue weighted by molar-refractivity contribution is -0.704. The second-order valence-electron chi connectivity index (χ2n) is 11.5. The van der Waals surface area contributed by atoms with E-state index in [1.807, 2.05) is 0 Å². The summed E-state index contributed by atoms with van der Waals surface area (Å²) in [6.45, 7) is 8.20. The Labute approximate surface area is 234 Å². The van der Waals surface area contributed by atoms with Gasteiger partial charge in [0.2, 0.25) is 0 Å². The number of aromatic nitrogens is 2. The van der Waals surface area contributed by atoms with Crippen molar-refractivity contribution in [2.24, 2.45) is 0 Å². The van der Waals surface area contributed by atoms with Crippen molar-refractivity contribution in [1.29, 1.82) is 0 Å². The zero-order valence-corrected chi connectivity index (χ0v) is 24.8. The van der Waals surface area contributed by atoms with Crippen molar-refractivity contribution in [2.75, 3.05) is 0 Å². The fourth-order valence-electron chi connectivity index (χ4n) is 5.91. The normalized spacial score (nSPS) is 13.0. The molecule has 208 valence electrons. The van der Waals surface area contributed by atoms with Crippen molar-refractivity contribution in [3.05, 3.63) is 90.0 Å². The van der Waals surface area contributed by atoms with E-state index in [1.54, 1.807) is 0 Å². The van der Waals surface area contributed by atoms with Crippen molar-refractivity contribution in [1.82, 2.24) is 4.57 Å². The molecular formula is C36H55N2+. The third-order valence-electron chi connectivity index (χ3n) is 8.30. The molecule has 1 aromatic heterocycles. The number of unbranched alkanes of at least 4 members (excludes halogenated alkanes) is 9. The maximum atomic E-state index is 2.63. The monoisotopic (exact) mass is 515 g/mol. The maximum Gasteiger partial charge on any atom is 0.256 e. The van der Waals surface area contributed by atoms with E-state index in [1.165, 1.54) is 100 Å². The Kier molecular flexibility index (Phi) is 14.3. The summed E-state index contributed by atoms with van der Waals surface area (Å²) in [5, 5.41) is 0. The molecule has 0 saturated heterocycles. The van der Waals surface area contributed by atoms with Crippen molar-refractivity contribution >= 4 is 0 Å². The first kappa shape index (κ1) is 30.2. The summed E-state index contributed by atoms with van der Waals surface area (Å²) in [5.41, 5.74) is 2.91. The summed E-state index contributed by atoms with van der Waals surface area (Å²) in [5.74, 6) is 2.07. The molecule has 0 aliphatic rings. The molecule has 0 radical (unpaired) electrons. The number of benzene rings is 2. The minimum atomic E-state index is 0.536. The number of nitrogens with zero attached hydrogens (tertiary/aromatic N) is 2. The first-order valence-electron chi connectivity index (χ1n) is 15.9. The van der Waals surface area contributed by atoms with Gasteiger partial charge in [-0.2, -0.15) is 0 Å². The summed E-state index contributed by atoms with van der Waals surface area (Å²) in [6, 6.07) is 22.8. The Bertz CT molecular complexity index is 975. The van der Waals surface area contributed by atoms with Gasteiger partial charge in [0, 0.05) is 6.42 Å². The molecule has 0 fully saturated rings. The molecule has 0 aliphatic carbocycles. The standard InChI is InChI=1S/C36H55N2/c1-4-6-8-10-11-12-15-21-32(3)38-30-29-37(28-20-9-7-5-2)36(38)27-26-35(34-24-18-14-19-25-34)31-33-22-16-13-17-23-33/h13-14,16-19,22-25,29-30,32,35H,4-12,15,20-21,26-28,31H2,1-3H3/q+1. The fourth-order valence-corrected chi connectivity index (χ4v) is 5.91. The molecule has 0 saturated carbocycles. The Morgan fingerprint density at radius 3 is 1.97 bits per heavy atom. The highest BCUT2D eigenvalue weighted by atomic mass is 15.2. The van der Waals surface area contributed by atoms with Gasteiger partial charge < -0.3 is 0 Å². The van der Waals surface area contributed by atoms with Gasteiger partial charge in [0.25, 0.3) is 5.82 Å². The van der Waals surface area contributed by atoms with Crippen LogP contribution in [0.2, 0.25) is 0 Å². The van der Waals surface area contributed by atoms with E-state index in [0.717, 1.165) is 19.4 Å². The smallest absolute Gasteiger partial charge is 0.234 e. The Hall–Kier alpha value is -2.35. The Morgan fingerprint density at radius 1 is 0.684 bits per heavy atom. The summed E-state index contributed by atoms with van der Waals surface area (Å²) in [4.78, 5) is 0. The first-order chi connectivity index (χ1) is 18.7. The summed E-state index contributed by atoms with van der Waals surface area (Å²) >= 11 is 0. The zero-order valence-electron chi connectivity index (χ0n) is 24.8. The van der Waals surface area contributed by atoms with Gasteiger partial charge in [-0.05, 0) is 62.5 Å². The first-order valence-corrected chi connectivity index (χ1v) is 15.9. The molecular weight excluding hydrogens is 460 g/mol. The van der Waals surface area contributed by atoms with Crippen LogP contribution < -0.4 is 4.57 Å². The van der Waals surface area contributed by atoms with Gasteiger partial charge in [0.05, 0.1) is 12.6 Å². The predicted molar refractivity (Wildman–Crippen MR) is 164 cm³/mol. The van der Waals surface area contributed by atoms with Crippen LogP contribution in [0.5, 0.6) is 0 Å². The number of hydrogen-bond donors (Lipinski definition) is 0. The number of hydrogen-bond acceptors (Lipinski definition) is 0. The molecule has 2 atom stereocenters. The van der Waals surface area contributed by atoms with E-state index in [-0.39, 0.29) is 0 Å². The van der Waals surface area contributed by atoms with Gasteiger partial charge in [0.1, 0.15) is 12.4 Å². The number of aryl methyl sites for hydroxylation is 1. The molecule has 0 aliphatic heterocycles. The lowest BCUT2D eigenvalue weighted by Gasteiger charge is -2.18. The quantitative estimate of drug-likeness (QED) is 0.105. The van der Waals surface area contributed by atoms with E-state index in [9.17, 15) is 0 Å². The Morgan fingerprint density at radius 2 is 1.29 bits per heavy atom. The predicted octanol–water partition coefficient (Wildman–Crippen LogP) is 10.0. The highest BCUT2D eigenvalue weighted by Crippen LogP contribution is 2.27. The molecule has 2 heteroatoms. The van der Waals surface area contributed by atoms with Crippen molar-refractivity contribution < 1.29 is 4.57 Å². The highest BCUT2D eigenvalue weighted by molar-refractivity contribution is 5.24. The lowest BCUT2D eigenvalue weighted by atomic mass is 9.88. The van der Waals surface area contributed by atoms with Crippen LogP contribution in [0.3, 0.4) is 0 Å². The average molecular weight is 516 g/mol. The van der Waals surface area contributed by atoms with E-state index in [2.05, 4.69) is 103 Å². The molecule has 0 N–H and O–H groups in total. The van der Waals surface area contributed by atoms with Crippen LogP contribution in [0.1, 0.15) is 133 Å². The Balaban J connectivity index is 1.68. The zero-order chi connectivity index (χ0) is 26.8. The second kappa shape index (κ2) is 18.0. The van der Waals surface area contributed by atoms with Crippen LogP contribution in [0.25, 0.3) is 0 Å². The van der Waals surface area contributed by atoms with Crippen LogP contribution in [0.4, 0.5) is 0 Å². The lowest BCUT2D eigenvalue weighted by Crippen LogP contribution is -2.38. The number of imidazole rings is 1. The molecule has 0 amide bonds. The summed E-state index contributed by atoms with van der Waals surface area (Å²) < 4.78 is 5.21. The molecule has 2 unspecified atom stereocenters. The van der Waals surface area contributed by atoms with E-state index in [0.29, 0.717) is 12.0 Å². The van der Waals surface area contributed by atoms with Crippen LogP contribution in [-0.4, -0.2) is 4.57 Å². The van der Waals surface area contributed by atoms with Gasteiger partial charge >= 0.3 is 0 Å². The molecule has 1 heterocycles. The SMILES string of the molecule is CCCCCCCCCC(C)n1cc[n+](CCCCCC)c1CCC(Cc1ccccc1)c1ccccc1.